The molecule has 0 heterocycles. The van der Waals surface area contributed by atoms with Crippen LogP contribution in [0.1, 0.15) is 36.8 Å². The van der Waals surface area contributed by atoms with Gasteiger partial charge in [-0.25, -0.2) is 0 Å². The predicted octanol–water partition coefficient (Wildman–Crippen LogP) is 3.55. The molecule has 18 heavy (non-hydrogen) atoms. The zero-order valence-electron chi connectivity index (χ0n) is 11.4. The molecule has 2 N–H and O–H groups in total. The Bertz CT molecular complexity index is 412. The molecular weight excluding hydrogens is 218 g/mol. The Labute approximate surface area is 111 Å². The van der Waals surface area contributed by atoms with Gasteiger partial charge < -0.3 is 5.73 Å². The summed E-state index contributed by atoms with van der Waals surface area (Å²) >= 11 is 0. The fourth-order valence-electron chi connectivity index (χ4n) is 4.40. The Hall–Kier alpha value is -0.820. The molecule has 1 heteroatoms. The quantitative estimate of drug-likeness (QED) is 0.860. The first-order chi connectivity index (χ1) is 8.78. The highest BCUT2D eigenvalue weighted by Gasteiger charge is 2.42. The molecule has 2 saturated carbocycles. The van der Waals surface area contributed by atoms with Crippen molar-refractivity contribution in [1.29, 1.82) is 0 Å². The predicted molar refractivity (Wildman–Crippen MR) is 76.4 cm³/mol. The highest BCUT2D eigenvalue weighted by atomic mass is 14.6. The van der Waals surface area contributed by atoms with Crippen molar-refractivity contribution < 1.29 is 0 Å². The molecule has 2 fully saturated rings. The SMILES string of the molecule is Cc1ccccc1CC(CN)C1CC2CCC1C2. The first-order valence-corrected chi connectivity index (χ1v) is 7.52. The number of rotatable bonds is 4. The van der Waals surface area contributed by atoms with Gasteiger partial charge in [0.05, 0.1) is 0 Å². The van der Waals surface area contributed by atoms with Crippen LogP contribution < -0.4 is 5.73 Å². The van der Waals surface area contributed by atoms with Gasteiger partial charge in [0.15, 0.2) is 0 Å². The van der Waals surface area contributed by atoms with Crippen molar-refractivity contribution in [3.05, 3.63) is 35.4 Å². The van der Waals surface area contributed by atoms with Crippen LogP contribution in [0, 0.1) is 30.6 Å². The lowest BCUT2D eigenvalue weighted by atomic mass is 9.76. The summed E-state index contributed by atoms with van der Waals surface area (Å²) < 4.78 is 0. The lowest BCUT2D eigenvalue weighted by molar-refractivity contribution is 0.230. The third kappa shape index (κ3) is 2.21. The molecule has 0 spiro atoms. The topological polar surface area (TPSA) is 26.0 Å². The maximum Gasteiger partial charge on any atom is -0.00429 e. The van der Waals surface area contributed by atoms with Crippen molar-refractivity contribution in [2.45, 2.75) is 39.0 Å². The van der Waals surface area contributed by atoms with Crippen molar-refractivity contribution >= 4 is 0 Å². The highest BCUT2D eigenvalue weighted by Crippen LogP contribution is 2.51. The van der Waals surface area contributed by atoms with E-state index in [9.17, 15) is 0 Å². The Balaban J connectivity index is 1.72. The molecule has 4 atom stereocenters. The van der Waals surface area contributed by atoms with Crippen LogP contribution in [0.2, 0.25) is 0 Å². The molecule has 2 aliphatic rings. The molecule has 2 aliphatic carbocycles. The molecule has 98 valence electrons. The molecular formula is C17H25N. The van der Waals surface area contributed by atoms with Crippen LogP contribution in [0.3, 0.4) is 0 Å². The lowest BCUT2D eigenvalue weighted by Crippen LogP contribution is -2.29. The van der Waals surface area contributed by atoms with Crippen LogP contribution in [-0.2, 0) is 6.42 Å². The summed E-state index contributed by atoms with van der Waals surface area (Å²) in [6, 6.07) is 8.80. The van der Waals surface area contributed by atoms with Crippen molar-refractivity contribution in [2.24, 2.45) is 29.4 Å². The summed E-state index contributed by atoms with van der Waals surface area (Å²) in [4.78, 5) is 0. The number of nitrogens with two attached hydrogens (primary N) is 1. The maximum atomic E-state index is 6.08. The molecule has 0 aromatic heterocycles. The van der Waals surface area contributed by atoms with Gasteiger partial charge in [0.25, 0.3) is 0 Å². The molecule has 0 aliphatic heterocycles. The molecule has 1 aromatic carbocycles. The number of hydrogen-bond donors (Lipinski definition) is 1. The minimum Gasteiger partial charge on any atom is -0.330 e. The molecule has 2 bridgehead atoms. The summed E-state index contributed by atoms with van der Waals surface area (Å²) in [5.74, 6) is 3.65. The fourth-order valence-corrected chi connectivity index (χ4v) is 4.40. The van der Waals surface area contributed by atoms with Crippen molar-refractivity contribution in [3.63, 3.8) is 0 Å². The van der Waals surface area contributed by atoms with Gasteiger partial charge >= 0.3 is 0 Å². The third-order valence-electron chi connectivity index (χ3n) is 5.44. The van der Waals surface area contributed by atoms with Crippen molar-refractivity contribution in [1.82, 2.24) is 0 Å². The second-order valence-corrected chi connectivity index (χ2v) is 6.47. The Kier molecular flexibility index (Phi) is 3.43. The van der Waals surface area contributed by atoms with Crippen molar-refractivity contribution in [3.8, 4) is 0 Å². The van der Waals surface area contributed by atoms with E-state index < -0.39 is 0 Å². The molecule has 1 nitrogen and oxygen atoms in total. The standard InChI is InChI=1S/C17H25N/c1-12-4-2-3-5-14(12)10-16(11-18)17-9-13-6-7-15(17)8-13/h2-5,13,15-17H,6-11,18H2,1H3. The van der Waals surface area contributed by atoms with Crippen LogP contribution in [0.4, 0.5) is 0 Å². The minimum atomic E-state index is 0.710. The van der Waals surface area contributed by atoms with E-state index >= 15 is 0 Å². The molecule has 0 saturated heterocycles. The van der Waals surface area contributed by atoms with Gasteiger partial charge in [0, 0.05) is 0 Å². The zero-order chi connectivity index (χ0) is 12.5. The molecule has 3 rings (SSSR count). The van der Waals surface area contributed by atoms with Gasteiger partial charge in [-0.1, -0.05) is 30.7 Å². The van der Waals surface area contributed by atoms with Gasteiger partial charge in [-0.05, 0) is 74.0 Å². The zero-order valence-corrected chi connectivity index (χ0v) is 11.4. The first-order valence-electron chi connectivity index (χ1n) is 7.52. The lowest BCUT2D eigenvalue weighted by Gasteiger charge is -2.30. The smallest absolute Gasteiger partial charge is 0.00429 e. The second-order valence-electron chi connectivity index (χ2n) is 6.47. The minimum absolute atomic E-state index is 0.710. The van der Waals surface area contributed by atoms with Gasteiger partial charge in [-0.2, -0.15) is 0 Å². The van der Waals surface area contributed by atoms with Gasteiger partial charge in [-0.3, -0.25) is 0 Å². The van der Waals surface area contributed by atoms with E-state index in [0.717, 1.165) is 24.3 Å². The summed E-state index contributed by atoms with van der Waals surface area (Å²) in [7, 11) is 0. The molecule has 1 aromatic rings. The van der Waals surface area contributed by atoms with E-state index in [1.807, 2.05) is 0 Å². The van der Waals surface area contributed by atoms with Gasteiger partial charge in [0.2, 0.25) is 0 Å². The number of aryl methyl sites for hydroxylation is 1. The van der Waals surface area contributed by atoms with Crippen LogP contribution in [-0.4, -0.2) is 6.54 Å². The number of benzene rings is 1. The first kappa shape index (κ1) is 12.2. The van der Waals surface area contributed by atoms with E-state index in [1.54, 1.807) is 0 Å². The number of fused-ring (bicyclic) bond motifs is 2. The molecule has 0 radical (unpaired) electrons. The van der Waals surface area contributed by atoms with Crippen LogP contribution in [0.25, 0.3) is 0 Å². The Morgan fingerprint density at radius 2 is 2.06 bits per heavy atom. The summed E-state index contributed by atoms with van der Waals surface area (Å²) in [6.45, 7) is 3.09. The van der Waals surface area contributed by atoms with Crippen LogP contribution in [0.5, 0.6) is 0 Å². The summed E-state index contributed by atoms with van der Waals surface area (Å²) in [5, 5.41) is 0. The molecule has 0 amide bonds. The highest BCUT2D eigenvalue weighted by molar-refractivity contribution is 5.26. The second kappa shape index (κ2) is 5.05. The Morgan fingerprint density at radius 3 is 2.67 bits per heavy atom. The van der Waals surface area contributed by atoms with Crippen molar-refractivity contribution in [2.75, 3.05) is 6.54 Å². The fraction of sp³-hybridized carbons (Fsp3) is 0.647. The van der Waals surface area contributed by atoms with Gasteiger partial charge in [-0.15, -0.1) is 0 Å². The van der Waals surface area contributed by atoms with E-state index in [4.69, 9.17) is 5.73 Å². The van der Waals surface area contributed by atoms with Gasteiger partial charge in [0.1, 0.15) is 0 Å². The summed E-state index contributed by atoms with van der Waals surface area (Å²) in [6.07, 6.45) is 7.10. The maximum absolute atomic E-state index is 6.08. The normalized spacial score (nSPS) is 31.8. The molecule has 4 unspecified atom stereocenters. The van der Waals surface area contributed by atoms with E-state index in [1.165, 1.54) is 43.2 Å². The van der Waals surface area contributed by atoms with E-state index in [0.29, 0.717) is 5.92 Å². The van der Waals surface area contributed by atoms with E-state index in [2.05, 4.69) is 31.2 Å². The van der Waals surface area contributed by atoms with E-state index in [-0.39, 0.29) is 0 Å². The van der Waals surface area contributed by atoms with Crippen LogP contribution in [0.15, 0.2) is 24.3 Å². The monoisotopic (exact) mass is 243 g/mol. The third-order valence-corrected chi connectivity index (χ3v) is 5.44. The average Bonchev–Trinajstić information content (AvgIpc) is 3.00. The number of hydrogen-bond acceptors (Lipinski definition) is 1. The Morgan fingerprint density at radius 1 is 1.22 bits per heavy atom. The largest absolute Gasteiger partial charge is 0.330 e. The van der Waals surface area contributed by atoms with Crippen LogP contribution >= 0.6 is 0 Å². The summed E-state index contributed by atoms with van der Waals surface area (Å²) in [5.41, 5.74) is 9.02. The average molecular weight is 243 g/mol.